The van der Waals surface area contributed by atoms with Crippen molar-refractivity contribution in [1.82, 2.24) is 10.0 Å². The van der Waals surface area contributed by atoms with Gasteiger partial charge in [0.05, 0.1) is 11.3 Å². The van der Waals surface area contributed by atoms with Gasteiger partial charge in [-0.15, -0.1) is 0 Å². The van der Waals surface area contributed by atoms with E-state index in [1.54, 1.807) is 12.1 Å². The van der Waals surface area contributed by atoms with Crippen molar-refractivity contribution in [3.8, 4) is 0 Å². The van der Waals surface area contributed by atoms with E-state index >= 15 is 0 Å². The van der Waals surface area contributed by atoms with E-state index in [2.05, 4.69) is 5.32 Å². The van der Waals surface area contributed by atoms with E-state index in [4.69, 9.17) is 0 Å². The lowest BCUT2D eigenvalue weighted by Gasteiger charge is -2.29. The molecule has 0 bridgehead atoms. The van der Waals surface area contributed by atoms with E-state index in [1.165, 1.54) is 14.0 Å². The van der Waals surface area contributed by atoms with Gasteiger partial charge in [0.2, 0.25) is 11.8 Å². The topological polar surface area (TPSA) is 69.7 Å². The minimum Gasteiger partial charge on any atom is -0.324 e. The molecule has 19 heavy (non-hydrogen) atoms. The van der Waals surface area contributed by atoms with Crippen LogP contribution in [-0.4, -0.2) is 41.3 Å². The highest BCUT2D eigenvalue weighted by atomic mass is 16.2. The van der Waals surface area contributed by atoms with Crippen molar-refractivity contribution < 1.29 is 14.4 Å². The number of carbonyl (C=O) groups excluding carboxylic acids is 3. The molecule has 0 aliphatic carbocycles. The van der Waals surface area contributed by atoms with E-state index in [-0.39, 0.29) is 24.3 Å². The Hall–Kier alpha value is -2.37. The quantitative estimate of drug-likeness (QED) is 0.812. The summed E-state index contributed by atoms with van der Waals surface area (Å²) >= 11 is 0. The van der Waals surface area contributed by atoms with Crippen LogP contribution in [0.2, 0.25) is 0 Å². The summed E-state index contributed by atoms with van der Waals surface area (Å²) in [4.78, 5) is 35.6. The molecule has 100 valence electrons. The van der Waals surface area contributed by atoms with Gasteiger partial charge < -0.3 is 5.32 Å². The van der Waals surface area contributed by atoms with Crippen LogP contribution < -0.4 is 5.32 Å². The zero-order valence-electron chi connectivity index (χ0n) is 11.1. The molecule has 0 spiro atoms. The predicted octanol–water partition coefficient (Wildman–Crippen LogP) is 0.783. The molecule has 1 heterocycles. The van der Waals surface area contributed by atoms with Crippen LogP contribution in [0.5, 0.6) is 0 Å². The summed E-state index contributed by atoms with van der Waals surface area (Å²) in [5, 5.41) is 4.96. The van der Waals surface area contributed by atoms with Gasteiger partial charge in [-0.3, -0.25) is 19.4 Å². The maximum atomic E-state index is 12.4. The maximum Gasteiger partial charge on any atom is 0.275 e. The molecule has 1 aliphatic heterocycles. The number of nitrogens with zero attached hydrogens (tertiary/aromatic N) is 2. The first-order valence-corrected chi connectivity index (χ1v) is 5.86. The number of rotatable bonds is 1. The minimum atomic E-state index is -0.366. The molecule has 0 atom stereocenters. The van der Waals surface area contributed by atoms with Crippen LogP contribution in [0, 0.1) is 6.92 Å². The van der Waals surface area contributed by atoms with E-state index in [0.717, 1.165) is 15.6 Å². The zero-order chi connectivity index (χ0) is 14.2. The van der Waals surface area contributed by atoms with Gasteiger partial charge in [-0.25, -0.2) is 5.01 Å². The number of benzene rings is 1. The lowest BCUT2D eigenvalue weighted by Crippen LogP contribution is -2.48. The molecular weight excluding hydrogens is 246 g/mol. The monoisotopic (exact) mass is 261 g/mol. The largest absolute Gasteiger partial charge is 0.324 e. The minimum absolute atomic E-state index is 0.178. The summed E-state index contributed by atoms with van der Waals surface area (Å²) in [7, 11) is 1.47. The summed E-state index contributed by atoms with van der Waals surface area (Å²) in [5.74, 6) is -1.00. The summed E-state index contributed by atoms with van der Waals surface area (Å²) < 4.78 is 0. The van der Waals surface area contributed by atoms with Gasteiger partial charge in [-0.2, -0.15) is 0 Å². The number of hydrogen-bond donors (Lipinski definition) is 1. The Morgan fingerprint density at radius 3 is 2.68 bits per heavy atom. The fourth-order valence-corrected chi connectivity index (χ4v) is 1.89. The second-order valence-corrected chi connectivity index (χ2v) is 4.50. The predicted molar refractivity (Wildman–Crippen MR) is 69.3 cm³/mol. The first-order chi connectivity index (χ1) is 8.90. The van der Waals surface area contributed by atoms with Crippen molar-refractivity contribution in [1.29, 1.82) is 0 Å². The average molecular weight is 261 g/mol. The summed E-state index contributed by atoms with van der Waals surface area (Å²) in [6.45, 7) is 3.02. The van der Waals surface area contributed by atoms with Gasteiger partial charge in [-0.05, 0) is 19.1 Å². The number of amides is 3. The molecule has 0 saturated heterocycles. The number of aryl methyl sites for hydroxylation is 1. The Morgan fingerprint density at radius 2 is 2.05 bits per heavy atom. The van der Waals surface area contributed by atoms with Crippen molar-refractivity contribution in [2.45, 2.75) is 13.8 Å². The Balaban J connectivity index is 2.48. The molecule has 0 unspecified atom stereocenters. The standard InChI is InChI=1S/C13H15N3O3/c1-8-4-5-11-10(6-8)13(19)16(7-12(18)14-11)15(3)9(2)17/h4-6H,7H2,1-3H3,(H,14,18). The van der Waals surface area contributed by atoms with Crippen LogP contribution in [0.3, 0.4) is 0 Å². The number of hydrogen-bond acceptors (Lipinski definition) is 3. The number of hydrazine groups is 1. The maximum absolute atomic E-state index is 12.4. The van der Waals surface area contributed by atoms with Gasteiger partial charge in [0, 0.05) is 14.0 Å². The van der Waals surface area contributed by atoms with Crippen molar-refractivity contribution >= 4 is 23.4 Å². The van der Waals surface area contributed by atoms with Gasteiger partial charge in [0.15, 0.2) is 0 Å². The lowest BCUT2D eigenvalue weighted by atomic mass is 10.1. The van der Waals surface area contributed by atoms with Gasteiger partial charge in [0.1, 0.15) is 6.54 Å². The van der Waals surface area contributed by atoms with E-state index < -0.39 is 0 Å². The van der Waals surface area contributed by atoms with Gasteiger partial charge in [0.25, 0.3) is 5.91 Å². The molecule has 1 aromatic carbocycles. The highest BCUT2D eigenvalue weighted by Crippen LogP contribution is 2.22. The number of nitrogens with one attached hydrogen (secondary N) is 1. The molecule has 0 fully saturated rings. The number of anilines is 1. The molecule has 6 nitrogen and oxygen atoms in total. The highest BCUT2D eigenvalue weighted by Gasteiger charge is 2.29. The first kappa shape index (κ1) is 13.1. The summed E-state index contributed by atoms with van der Waals surface area (Å²) in [5.41, 5.74) is 1.77. The Kier molecular flexibility index (Phi) is 3.25. The third kappa shape index (κ3) is 2.42. The molecule has 0 radical (unpaired) electrons. The third-order valence-electron chi connectivity index (χ3n) is 3.03. The molecular formula is C13H15N3O3. The van der Waals surface area contributed by atoms with Gasteiger partial charge >= 0.3 is 0 Å². The molecule has 2 rings (SSSR count). The Bertz CT molecular complexity index is 568. The van der Waals surface area contributed by atoms with Crippen molar-refractivity contribution in [2.75, 3.05) is 18.9 Å². The first-order valence-electron chi connectivity index (χ1n) is 5.86. The molecule has 1 aliphatic rings. The molecule has 1 aromatic rings. The van der Waals surface area contributed by atoms with Crippen LogP contribution in [-0.2, 0) is 9.59 Å². The number of fused-ring (bicyclic) bond motifs is 1. The third-order valence-corrected chi connectivity index (χ3v) is 3.03. The molecule has 0 aromatic heterocycles. The number of carbonyl (C=O) groups is 3. The van der Waals surface area contributed by atoms with E-state index in [0.29, 0.717) is 11.3 Å². The lowest BCUT2D eigenvalue weighted by molar-refractivity contribution is -0.140. The average Bonchev–Trinajstić information content (AvgIpc) is 2.47. The Morgan fingerprint density at radius 1 is 1.37 bits per heavy atom. The molecule has 6 heteroatoms. The fraction of sp³-hybridized carbons (Fsp3) is 0.308. The second kappa shape index (κ2) is 4.72. The smallest absolute Gasteiger partial charge is 0.275 e. The van der Waals surface area contributed by atoms with Crippen LogP contribution in [0.1, 0.15) is 22.8 Å². The van der Waals surface area contributed by atoms with Crippen LogP contribution in [0.15, 0.2) is 18.2 Å². The SMILES string of the molecule is CC(=O)N(C)N1CC(=O)Nc2ccc(C)cc2C1=O. The second-order valence-electron chi connectivity index (χ2n) is 4.50. The van der Waals surface area contributed by atoms with Gasteiger partial charge in [-0.1, -0.05) is 11.6 Å². The van der Waals surface area contributed by atoms with Crippen molar-refractivity contribution in [3.63, 3.8) is 0 Å². The zero-order valence-corrected chi connectivity index (χ0v) is 11.1. The Labute approximate surface area is 111 Å². The van der Waals surface area contributed by atoms with Crippen LogP contribution in [0.4, 0.5) is 5.69 Å². The molecule has 3 amide bonds. The molecule has 1 N–H and O–H groups in total. The van der Waals surface area contributed by atoms with E-state index in [9.17, 15) is 14.4 Å². The normalized spacial score (nSPS) is 14.6. The highest BCUT2D eigenvalue weighted by molar-refractivity contribution is 6.08. The van der Waals surface area contributed by atoms with Crippen LogP contribution >= 0.6 is 0 Å². The summed E-state index contributed by atoms with van der Waals surface area (Å²) in [6.07, 6.45) is 0. The summed E-state index contributed by atoms with van der Waals surface area (Å²) in [6, 6.07) is 5.21. The van der Waals surface area contributed by atoms with Crippen molar-refractivity contribution in [2.24, 2.45) is 0 Å². The van der Waals surface area contributed by atoms with Crippen LogP contribution in [0.25, 0.3) is 0 Å². The van der Waals surface area contributed by atoms with Crippen molar-refractivity contribution in [3.05, 3.63) is 29.3 Å². The van der Waals surface area contributed by atoms with E-state index in [1.807, 2.05) is 13.0 Å². The molecule has 0 saturated carbocycles. The fourth-order valence-electron chi connectivity index (χ4n) is 1.89.